The summed E-state index contributed by atoms with van der Waals surface area (Å²) in [5.74, 6) is -0.240. The number of carbonyl (C=O) groups is 1. The van der Waals surface area contributed by atoms with Gasteiger partial charge in [0.1, 0.15) is 5.69 Å². The number of hydrogen-bond donors (Lipinski definition) is 2. The largest absolute Gasteiger partial charge is 0.395 e. The van der Waals surface area contributed by atoms with Crippen LogP contribution in [-0.2, 0) is 13.5 Å². The molecule has 0 fully saturated rings. The molecule has 0 spiro atoms. The molecule has 1 heterocycles. The molecular weight excluding hydrogens is 232 g/mol. The lowest BCUT2D eigenvalue weighted by molar-refractivity contribution is 0.0733. The molecule has 100 valence electrons. The Morgan fingerprint density at radius 2 is 2.33 bits per heavy atom. The Morgan fingerprint density at radius 1 is 1.67 bits per heavy atom. The number of nitrogens with two attached hydrogens (primary N) is 1. The van der Waals surface area contributed by atoms with Gasteiger partial charge in [-0.05, 0) is 6.42 Å². The summed E-state index contributed by atoms with van der Waals surface area (Å²) in [4.78, 5) is 13.8. The molecule has 0 aliphatic rings. The fourth-order valence-electron chi connectivity index (χ4n) is 1.81. The highest BCUT2D eigenvalue weighted by atomic mass is 16.3. The van der Waals surface area contributed by atoms with Crippen LogP contribution >= 0.6 is 0 Å². The molecule has 0 aliphatic carbocycles. The lowest BCUT2D eigenvalue weighted by atomic mass is 10.2. The number of anilines is 1. The zero-order chi connectivity index (χ0) is 13.7. The molecule has 0 aromatic carbocycles. The van der Waals surface area contributed by atoms with E-state index in [1.807, 2.05) is 6.92 Å². The Labute approximate surface area is 107 Å². The topological polar surface area (TPSA) is 84.4 Å². The molecule has 1 aromatic heterocycles. The van der Waals surface area contributed by atoms with E-state index in [2.05, 4.69) is 11.7 Å². The minimum absolute atomic E-state index is 0.0992. The van der Waals surface area contributed by atoms with Crippen molar-refractivity contribution in [1.29, 1.82) is 0 Å². The van der Waals surface area contributed by atoms with Gasteiger partial charge in [0.05, 0.1) is 18.0 Å². The van der Waals surface area contributed by atoms with Gasteiger partial charge in [-0.3, -0.25) is 9.48 Å². The van der Waals surface area contributed by atoms with E-state index in [-0.39, 0.29) is 19.1 Å². The molecule has 3 N–H and O–H groups in total. The summed E-state index contributed by atoms with van der Waals surface area (Å²) >= 11 is 0. The molecule has 18 heavy (non-hydrogen) atoms. The van der Waals surface area contributed by atoms with Gasteiger partial charge in [0, 0.05) is 20.1 Å². The van der Waals surface area contributed by atoms with Crippen molar-refractivity contribution in [2.24, 2.45) is 7.05 Å². The molecule has 6 heteroatoms. The SMILES string of the molecule is C=CCN(CCO)C(=O)c1c(N)c(CC)nn1C. The second kappa shape index (κ2) is 6.20. The van der Waals surface area contributed by atoms with Crippen molar-refractivity contribution in [2.45, 2.75) is 13.3 Å². The Bertz CT molecular complexity index is 440. The Morgan fingerprint density at radius 3 is 2.78 bits per heavy atom. The summed E-state index contributed by atoms with van der Waals surface area (Å²) in [6, 6.07) is 0. The second-order valence-corrected chi connectivity index (χ2v) is 3.95. The van der Waals surface area contributed by atoms with E-state index in [0.29, 0.717) is 30.0 Å². The maximum absolute atomic E-state index is 12.3. The molecule has 1 aromatic rings. The van der Waals surface area contributed by atoms with Crippen LogP contribution in [0.5, 0.6) is 0 Å². The van der Waals surface area contributed by atoms with Crippen LogP contribution < -0.4 is 5.73 Å². The Kier molecular flexibility index (Phi) is 4.91. The molecule has 6 nitrogen and oxygen atoms in total. The zero-order valence-corrected chi connectivity index (χ0v) is 10.9. The summed E-state index contributed by atoms with van der Waals surface area (Å²) in [5, 5.41) is 13.2. The second-order valence-electron chi connectivity index (χ2n) is 3.95. The first kappa shape index (κ1) is 14.2. The highest BCUT2D eigenvalue weighted by Crippen LogP contribution is 2.18. The van der Waals surface area contributed by atoms with Crippen molar-refractivity contribution in [3.8, 4) is 0 Å². The van der Waals surface area contributed by atoms with Gasteiger partial charge in [-0.1, -0.05) is 13.0 Å². The van der Waals surface area contributed by atoms with Crippen LogP contribution in [0.1, 0.15) is 23.1 Å². The van der Waals surface area contributed by atoms with E-state index in [9.17, 15) is 4.79 Å². The summed E-state index contributed by atoms with van der Waals surface area (Å²) in [6.07, 6.45) is 2.29. The number of aliphatic hydroxyl groups is 1. The van der Waals surface area contributed by atoms with Crippen LogP contribution in [0.25, 0.3) is 0 Å². The molecule has 0 saturated carbocycles. The van der Waals surface area contributed by atoms with Gasteiger partial charge >= 0.3 is 0 Å². The quantitative estimate of drug-likeness (QED) is 0.708. The zero-order valence-electron chi connectivity index (χ0n) is 10.9. The molecule has 1 amide bonds. The number of amides is 1. The first-order valence-electron chi connectivity index (χ1n) is 5.89. The van der Waals surface area contributed by atoms with Gasteiger partial charge in [0.15, 0.2) is 0 Å². The summed E-state index contributed by atoms with van der Waals surface area (Å²) < 4.78 is 1.49. The van der Waals surface area contributed by atoms with Crippen LogP contribution in [0.2, 0.25) is 0 Å². The Balaban J connectivity index is 3.07. The molecule has 1 rings (SSSR count). The minimum atomic E-state index is -0.240. The van der Waals surface area contributed by atoms with Gasteiger partial charge in [-0.25, -0.2) is 0 Å². The first-order valence-corrected chi connectivity index (χ1v) is 5.89. The third-order valence-electron chi connectivity index (χ3n) is 2.70. The lowest BCUT2D eigenvalue weighted by Crippen LogP contribution is -2.35. The first-order chi connectivity index (χ1) is 8.56. The summed E-state index contributed by atoms with van der Waals surface area (Å²) in [6.45, 7) is 6.04. The number of aromatic nitrogens is 2. The van der Waals surface area contributed by atoms with E-state index < -0.39 is 0 Å². The van der Waals surface area contributed by atoms with Crippen LogP contribution in [0.15, 0.2) is 12.7 Å². The average molecular weight is 252 g/mol. The van der Waals surface area contributed by atoms with Crippen molar-refractivity contribution >= 4 is 11.6 Å². The number of carbonyl (C=O) groups excluding carboxylic acids is 1. The highest BCUT2D eigenvalue weighted by molar-refractivity contribution is 5.98. The standard InChI is InChI=1S/C12H20N4O2/c1-4-6-16(7-8-17)12(18)11-10(13)9(5-2)14-15(11)3/h4,17H,1,5-8,13H2,2-3H3. The predicted molar refractivity (Wildman–Crippen MR) is 70.2 cm³/mol. The normalized spacial score (nSPS) is 10.4. The van der Waals surface area contributed by atoms with E-state index in [0.717, 1.165) is 0 Å². The number of nitrogens with zero attached hydrogens (tertiary/aromatic N) is 3. The molecular formula is C12H20N4O2. The maximum Gasteiger partial charge on any atom is 0.274 e. The summed E-state index contributed by atoms with van der Waals surface area (Å²) in [5.41, 5.74) is 7.42. The van der Waals surface area contributed by atoms with Gasteiger partial charge in [-0.15, -0.1) is 6.58 Å². The monoisotopic (exact) mass is 252 g/mol. The van der Waals surface area contributed by atoms with E-state index in [1.165, 1.54) is 9.58 Å². The van der Waals surface area contributed by atoms with Crippen molar-refractivity contribution in [3.05, 3.63) is 24.0 Å². The van der Waals surface area contributed by atoms with Gasteiger partial charge in [0.25, 0.3) is 5.91 Å². The molecule has 0 bridgehead atoms. The van der Waals surface area contributed by atoms with Gasteiger partial charge in [0.2, 0.25) is 0 Å². The van der Waals surface area contributed by atoms with Crippen molar-refractivity contribution in [3.63, 3.8) is 0 Å². The number of aliphatic hydroxyl groups excluding tert-OH is 1. The van der Waals surface area contributed by atoms with E-state index >= 15 is 0 Å². The predicted octanol–water partition coefficient (Wildman–Crippen LogP) is 0.185. The highest BCUT2D eigenvalue weighted by Gasteiger charge is 2.23. The number of nitrogen functional groups attached to an aromatic ring is 1. The minimum Gasteiger partial charge on any atom is -0.395 e. The number of aryl methyl sites for hydroxylation is 2. The lowest BCUT2D eigenvalue weighted by Gasteiger charge is -2.20. The third-order valence-corrected chi connectivity index (χ3v) is 2.70. The fraction of sp³-hybridized carbons (Fsp3) is 0.500. The van der Waals surface area contributed by atoms with Crippen LogP contribution in [0.3, 0.4) is 0 Å². The average Bonchev–Trinajstić information content (AvgIpc) is 2.63. The van der Waals surface area contributed by atoms with Crippen LogP contribution in [0, 0.1) is 0 Å². The van der Waals surface area contributed by atoms with Crippen molar-refractivity contribution in [1.82, 2.24) is 14.7 Å². The van der Waals surface area contributed by atoms with Gasteiger partial charge in [-0.2, -0.15) is 5.10 Å². The van der Waals surface area contributed by atoms with E-state index in [4.69, 9.17) is 10.8 Å². The van der Waals surface area contributed by atoms with Gasteiger partial charge < -0.3 is 15.7 Å². The Hall–Kier alpha value is -1.82. The molecule has 0 unspecified atom stereocenters. The molecule has 0 atom stereocenters. The summed E-state index contributed by atoms with van der Waals surface area (Å²) in [7, 11) is 1.69. The number of hydrogen-bond acceptors (Lipinski definition) is 4. The molecule has 0 aliphatic heterocycles. The van der Waals surface area contributed by atoms with Crippen molar-refractivity contribution in [2.75, 3.05) is 25.4 Å². The smallest absolute Gasteiger partial charge is 0.274 e. The third kappa shape index (κ3) is 2.70. The van der Waals surface area contributed by atoms with Crippen molar-refractivity contribution < 1.29 is 9.90 Å². The molecule has 0 saturated heterocycles. The van der Waals surface area contributed by atoms with E-state index in [1.54, 1.807) is 13.1 Å². The maximum atomic E-state index is 12.3. The molecule has 0 radical (unpaired) electrons. The van der Waals surface area contributed by atoms with Crippen LogP contribution in [-0.4, -0.2) is 45.4 Å². The number of rotatable bonds is 6. The fourth-order valence-corrected chi connectivity index (χ4v) is 1.81. The van der Waals surface area contributed by atoms with Crippen LogP contribution in [0.4, 0.5) is 5.69 Å².